The number of methoxy groups -OCH3 is 1. The first-order chi connectivity index (χ1) is 8.72. The van der Waals surface area contributed by atoms with Crippen molar-refractivity contribution in [2.45, 2.75) is 38.6 Å². The zero-order valence-corrected chi connectivity index (χ0v) is 12.8. The van der Waals surface area contributed by atoms with Crippen molar-refractivity contribution in [3.63, 3.8) is 0 Å². The first-order valence-electron chi connectivity index (χ1n) is 6.57. The van der Waals surface area contributed by atoms with Crippen LogP contribution in [0.3, 0.4) is 0 Å². The van der Waals surface area contributed by atoms with E-state index in [-0.39, 0.29) is 5.73 Å². The molecular weight excluding hydrogens is 240 g/mol. The van der Waals surface area contributed by atoms with Gasteiger partial charge in [-0.3, -0.25) is 0 Å². The molecule has 0 heterocycles. The average molecular weight is 264 g/mol. The molecular formula is C15H24O2Si. The first kappa shape index (κ1) is 15.2. The number of rotatable bonds is 8. The summed E-state index contributed by atoms with van der Waals surface area (Å²) in [5, 5.41) is 0. The van der Waals surface area contributed by atoms with Crippen molar-refractivity contribution in [2.75, 3.05) is 7.11 Å². The highest BCUT2D eigenvalue weighted by atomic mass is 28.3. The molecule has 0 saturated carbocycles. The Morgan fingerprint density at radius 1 is 1.39 bits per heavy atom. The second-order valence-corrected chi connectivity index (χ2v) is 7.41. The minimum absolute atomic E-state index is 0.265. The third-order valence-corrected chi connectivity index (χ3v) is 6.26. The maximum Gasteiger partial charge on any atom is 0.205 e. The lowest BCUT2D eigenvalue weighted by atomic mass is 10.1. The Morgan fingerprint density at radius 3 is 2.72 bits per heavy atom. The molecule has 1 aromatic rings. The molecule has 0 spiro atoms. The van der Waals surface area contributed by atoms with Gasteiger partial charge in [0.2, 0.25) is 9.04 Å². The van der Waals surface area contributed by atoms with Crippen molar-refractivity contribution in [1.82, 2.24) is 0 Å². The summed E-state index contributed by atoms with van der Waals surface area (Å²) in [4.78, 5) is 0. The zero-order chi connectivity index (χ0) is 13.4. The average Bonchev–Trinajstić information content (AvgIpc) is 2.42. The summed E-state index contributed by atoms with van der Waals surface area (Å²) >= 11 is 0. The third kappa shape index (κ3) is 4.41. The van der Waals surface area contributed by atoms with E-state index in [0.717, 1.165) is 18.0 Å². The van der Waals surface area contributed by atoms with Gasteiger partial charge in [-0.15, -0.1) is 0 Å². The van der Waals surface area contributed by atoms with Gasteiger partial charge in [0, 0.05) is 7.11 Å². The molecule has 3 heteroatoms. The molecule has 0 bridgehead atoms. The molecule has 1 rings (SSSR count). The molecule has 100 valence electrons. The standard InChI is InChI=1S/C15H24O2Si/c1-5-11-18(13(3)16-4)17-12-15-10-8-7-9-14(15)6-2/h6-10,13,18H,2,5,11-12H2,1,3-4H3. The van der Waals surface area contributed by atoms with Crippen LogP contribution < -0.4 is 0 Å². The smallest absolute Gasteiger partial charge is 0.205 e. The Labute approximate surface area is 112 Å². The molecule has 18 heavy (non-hydrogen) atoms. The fourth-order valence-electron chi connectivity index (χ4n) is 1.95. The van der Waals surface area contributed by atoms with E-state index in [1.807, 2.05) is 18.2 Å². The molecule has 2 atom stereocenters. The molecule has 0 saturated heterocycles. The third-order valence-electron chi connectivity index (χ3n) is 3.20. The Bertz CT molecular complexity index is 365. The van der Waals surface area contributed by atoms with Crippen molar-refractivity contribution in [2.24, 2.45) is 0 Å². The number of hydrogen-bond acceptors (Lipinski definition) is 2. The zero-order valence-electron chi connectivity index (χ0n) is 11.7. The quantitative estimate of drug-likeness (QED) is 0.668. The molecule has 0 aliphatic carbocycles. The molecule has 0 amide bonds. The minimum atomic E-state index is -1.29. The van der Waals surface area contributed by atoms with Crippen LogP contribution in [0.1, 0.15) is 31.4 Å². The van der Waals surface area contributed by atoms with Crippen molar-refractivity contribution in [3.05, 3.63) is 42.0 Å². The van der Waals surface area contributed by atoms with Gasteiger partial charge in [-0.05, 0) is 24.1 Å². The Hall–Kier alpha value is -0.903. The summed E-state index contributed by atoms with van der Waals surface area (Å²) < 4.78 is 11.6. The second-order valence-electron chi connectivity index (χ2n) is 4.48. The van der Waals surface area contributed by atoms with Gasteiger partial charge in [0.05, 0.1) is 12.3 Å². The van der Waals surface area contributed by atoms with E-state index in [2.05, 4.69) is 32.6 Å². The highest BCUT2D eigenvalue weighted by Gasteiger charge is 2.19. The van der Waals surface area contributed by atoms with Crippen LogP contribution in [-0.2, 0) is 15.8 Å². The number of benzene rings is 1. The highest BCUT2D eigenvalue weighted by molar-refractivity contribution is 6.53. The van der Waals surface area contributed by atoms with Crippen LogP contribution in [0.25, 0.3) is 6.08 Å². The maximum absolute atomic E-state index is 6.13. The summed E-state index contributed by atoms with van der Waals surface area (Å²) in [5.41, 5.74) is 2.64. The van der Waals surface area contributed by atoms with Crippen molar-refractivity contribution in [1.29, 1.82) is 0 Å². The van der Waals surface area contributed by atoms with E-state index < -0.39 is 9.04 Å². The van der Waals surface area contributed by atoms with Crippen molar-refractivity contribution < 1.29 is 9.16 Å². The second kappa shape index (κ2) is 8.24. The Balaban J connectivity index is 2.63. The van der Waals surface area contributed by atoms with Gasteiger partial charge in [0.25, 0.3) is 0 Å². The van der Waals surface area contributed by atoms with Gasteiger partial charge in [0.15, 0.2) is 0 Å². The molecule has 0 aromatic heterocycles. The number of hydrogen-bond donors (Lipinski definition) is 0. The van der Waals surface area contributed by atoms with Crippen LogP contribution in [0.4, 0.5) is 0 Å². The van der Waals surface area contributed by atoms with E-state index in [9.17, 15) is 0 Å². The highest BCUT2D eigenvalue weighted by Crippen LogP contribution is 2.14. The molecule has 2 unspecified atom stereocenters. The summed E-state index contributed by atoms with van der Waals surface area (Å²) in [6, 6.07) is 9.40. The Morgan fingerprint density at radius 2 is 2.11 bits per heavy atom. The van der Waals surface area contributed by atoms with E-state index in [0.29, 0.717) is 6.61 Å². The molecule has 0 radical (unpaired) electrons. The summed E-state index contributed by atoms with van der Waals surface area (Å²) in [6.07, 6.45) is 3.04. The lowest BCUT2D eigenvalue weighted by molar-refractivity contribution is 0.148. The van der Waals surface area contributed by atoms with Gasteiger partial charge in [0.1, 0.15) is 0 Å². The normalized spacial score (nSPS) is 14.2. The molecule has 0 aliphatic rings. The van der Waals surface area contributed by atoms with Crippen LogP contribution in [0, 0.1) is 0 Å². The predicted molar refractivity (Wildman–Crippen MR) is 80.0 cm³/mol. The number of ether oxygens (including phenoxy) is 1. The van der Waals surface area contributed by atoms with Crippen molar-refractivity contribution in [3.8, 4) is 0 Å². The summed E-state index contributed by atoms with van der Waals surface area (Å²) in [7, 11) is 0.479. The van der Waals surface area contributed by atoms with Crippen LogP contribution >= 0.6 is 0 Å². The van der Waals surface area contributed by atoms with Gasteiger partial charge in [-0.2, -0.15) is 0 Å². The van der Waals surface area contributed by atoms with Gasteiger partial charge in [-0.1, -0.05) is 50.3 Å². The monoisotopic (exact) mass is 264 g/mol. The lowest BCUT2D eigenvalue weighted by Gasteiger charge is -2.21. The minimum Gasteiger partial charge on any atom is -0.413 e. The summed E-state index contributed by atoms with van der Waals surface area (Å²) in [5.74, 6) is 0. The molecule has 0 fully saturated rings. The van der Waals surface area contributed by atoms with Crippen LogP contribution in [-0.4, -0.2) is 21.9 Å². The van der Waals surface area contributed by atoms with Crippen molar-refractivity contribution >= 4 is 15.1 Å². The summed E-state index contributed by atoms with van der Waals surface area (Å²) in [6.45, 7) is 8.83. The largest absolute Gasteiger partial charge is 0.413 e. The van der Waals surface area contributed by atoms with E-state index in [1.54, 1.807) is 7.11 Å². The topological polar surface area (TPSA) is 18.5 Å². The van der Waals surface area contributed by atoms with E-state index >= 15 is 0 Å². The van der Waals surface area contributed by atoms with Gasteiger partial charge in [-0.25, -0.2) is 0 Å². The fraction of sp³-hybridized carbons (Fsp3) is 0.467. The van der Waals surface area contributed by atoms with Gasteiger partial charge < -0.3 is 9.16 Å². The van der Waals surface area contributed by atoms with E-state index in [1.165, 1.54) is 5.56 Å². The maximum atomic E-state index is 6.13. The molecule has 1 aromatic carbocycles. The van der Waals surface area contributed by atoms with Crippen LogP contribution in [0.5, 0.6) is 0 Å². The van der Waals surface area contributed by atoms with Crippen LogP contribution in [0.2, 0.25) is 6.04 Å². The lowest BCUT2D eigenvalue weighted by Crippen LogP contribution is -2.33. The van der Waals surface area contributed by atoms with E-state index in [4.69, 9.17) is 9.16 Å². The molecule has 2 nitrogen and oxygen atoms in total. The SMILES string of the molecule is C=Cc1ccccc1CO[SiH](CCC)C(C)OC. The van der Waals surface area contributed by atoms with Crippen LogP contribution in [0.15, 0.2) is 30.8 Å². The van der Waals surface area contributed by atoms with Gasteiger partial charge >= 0.3 is 0 Å². The molecule has 0 aliphatic heterocycles. The predicted octanol–water partition coefficient (Wildman–Crippen LogP) is 3.55. The first-order valence-corrected chi connectivity index (χ1v) is 8.53. The fourth-order valence-corrected chi connectivity index (χ4v) is 4.12. The Kier molecular flexibility index (Phi) is 6.94. The molecule has 0 N–H and O–H groups in total.